The summed E-state index contributed by atoms with van der Waals surface area (Å²) in [6.45, 7) is -1.01. The quantitative estimate of drug-likeness (QED) is 0.592. The first-order valence-electron chi connectivity index (χ1n) is 8.97. The van der Waals surface area contributed by atoms with Crippen LogP contribution in [-0.4, -0.2) is 27.6 Å². The predicted molar refractivity (Wildman–Crippen MR) is 106 cm³/mol. The van der Waals surface area contributed by atoms with Gasteiger partial charge in [-0.05, 0) is 29.8 Å². The fraction of sp³-hybridized carbons (Fsp3) is 0.143. The van der Waals surface area contributed by atoms with Crippen molar-refractivity contribution in [2.45, 2.75) is 13.1 Å². The fourth-order valence-corrected chi connectivity index (χ4v) is 2.65. The van der Waals surface area contributed by atoms with E-state index >= 15 is 0 Å². The van der Waals surface area contributed by atoms with Crippen LogP contribution in [0.1, 0.15) is 5.56 Å². The predicted octanol–water partition coefficient (Wildman–Crippen LogP) is 1.38. The molecular weight excluding hydrogens is 393 g/mol. The molecule has 30 heavy (non-hydrogen) atoms. The lowest BCUT2D eigenvalue weighted by Crippen LogP contribution is -2.41. The molecule has 0 aliphatic carbocycles. The minimum absolute atomic E-state index is 0.231. The van der Waals surface area contributed by atoms with Crippen molar-refractivity contribution >= 4 is 17.6 Å². The number of hydrogen-bond acceptors (Lipinski definition) is 5. The van der Waals surface area contributed by atoms with E-state index in [-0.39, 0.29) is 6.54 Å². The van der Waals surface area contributed by atoms with Crippen LogP contribution in [0.5, 0.6) is 0 Å². The number of benzene rings is 2. The van der Waals surface area contributed by atoms with Crippen LogP contribution in [0.3, 0.4) is 0 Å². The molecule has 1 aromatic heterocycles. The molecule has 9 heteroatoms. The third-order valence-corrected chi connectivity index (χ3v) is 4.11. The molecule has 1 N–H and O–H groups in total. The molecule has 0 spiro atoms. The van der Waals surface area contributed by atoms with Crippen LogP contribution in [0.15, 0.2) is 76.4 Å². The van der Waals surface area contributed by atoms with Crippen molar-refractivity contribution in [1.29, 1.82) is 0 Å². The zero-order valence-corrected chi connectivity index (χ0v) is 15.8. The Kier molecular flexibility index (Phi) is 6.53. The highest BCUT2D eigenvalue weighted by Crippen LogP contribution is 2.07. The van der Waals surface area contributed by atoms with Gasteiger partial charge in [0.25, 0.3) is 11.5 Å². The number of halogens is 1. The summed E-state index contributed by atoms with van der Waals surface area (Å²) in [6, 6.07) is 15.4. The summed E-state index contributed by atoms with van der Waals surface area (Å²) in [7, 11) is 0. The first kappa shape index (κ1) is 20.7. The number of ether oxygens (including phenoxy) is 1. The molecule has 1 heterocycles. The van der Waals surface area contributed by atoms with Crippen molar-refractivity contribution in [3.63, 3.8) is 0 Å². The minimum atomic E-state index is -0.916. The summed E-state index contributed by atoms with van der Waals surface area (Å²) in [4.78, 5) is 48.4. The van der Waals surface area contributed by atoms with Gasteiger partial charge < -0.3 is 10.1 Å². The van der Waals surface area contributed by atoms with Crippen LogP contribution < -0.4 is 16.6 Å². The van der Waals surface area contributed by atoms with Gasteiger partial charge in [-0.3, -0.25) is 19.0 Å². The van der Waals surface area contributed by atoms with E-state index in [9.17, 15) is 23.6 Å². The lowest BCUT2D eigenvalue weighted by Gasteiger charge is -2.10. The molecule has 0 unspecified atom stereocenters. The summed E-state index contributed by atoms with van der Waals surface area (Å²) >= 11 is 0. The number of anilines is 1. The van der Waals surface area contributed by atoms with Gasteiger partial charge in [-0.2, -0.15) is 0 Å². The van der Waals surface area contributed by atoms with Crippen molar-refractivity contribution in [2.75, 3.05) is 11.9 Å². The smallest absolute Gasteiger partial charge is 0.331 e. The van der Waals surface area contributed by atoms with E-state index in [1.54, 1.807) is 0 Å². The maximum atomic E-state index is 12.9. The van der Waals surface area contributed by atoms with E-state index in [2.05, 4.69) is 5.32 Å². The van der Waals surface area contributed by atoms with Crippen LogP contribution in [0, 0.1) is 5.82 Å². The second-order valence-corrected chi connectivity index (χ2v) is 6.35. The van der Waals surface area contributed by atoms with E-state index in [0.29, 0.717) is 5.69 Å². The molecule has 1 amide bonds. The third kappa shape index (κ3) is 5.51. The van der Waals surface area contributed by atoms with Gasteiger partial charge in [0, 0.05) is 18.0 Å². The SMILES string of the molecule is O=C(COC(=O)Cn1c(=O)ccn(Cc2ccccc2)c1=O)Nc1ccc(F)cc1. The van der Waals surface area contributed by atoms with E-state index < -0.39 is 42.1 Å². The number of nitrogens with one attached hydrogen (secondary N) is 1. The van der Waals surface area contributed by atoms with Crippen LogP contribution in [0.4, 0.5) is 10.1 Å². The van der Waals surface area contributed by atoms with E-state index in [1.165, 1.54) is 41.1 Å². The number of rotatable bonds is 7. The normalized spacial score (nSPS) is 10.4. The Bertz CT molecular complexity index is 1150. The Morgan fingerprint density at radius 2 is 1.67 bits per heavy atom. The van der Waals surface area contributed by atoms with Crippen molar-refractivity contribution in [3.05, 3.63) is 99.1 Å². The largest absolute Gasteiger partial charge is 0.454 e. The van der Waals surface area contributed by atoms with Gasteiger partial charge in [-0.25, -0.2) is 13.8 Å². The Labute approximate surface area is 170 Å². The summed E-state index contributed by atoms with van der Waals surface area (Å²) in [5, 5.41) is 2.43. The van der Waals surface area contributed by atoms with Crippen molar-refractivity contribution in [2.24, 2.45) is 0 Å². The topological polar surface area (TPSA) is 99.4 Å². The molecule has 0 radical (unpaired) electrons. The molecular formula is C21H18FN3O5. The molecule has 8 nitrogen and oxygen atoms in total. The summed E-state index contributed by atoms with van der Waals surface area (Å²) < 4.78 is 19.7. The molecule has 0 atom stereocenters. The highest BCUT2D eigenvalue weighted by atomic mass is 19.1. The maximum absolute atomic E-state index is 12.9. The Balaban J connectivity index is 1.61. The van der Waals surface area contributed by atoms with Gasteiger partial charge in [0.05, 0.1) is 6.54 Å². The van der Waals surface area contributed by atoms with Gasteiger partial charge in [0.2, 0.25) is 0 Å². The van der Waals surface area contributed by atoms with Crippen molar-refractivity contribution in [1.82, 2.24) is 9.13 Å². The molecule has 154 valence electrons. The maximum Gasteiger partial charge on any atom is 0.331 e. The minimum Gasteiger partial charge on any atom is -0.454 e. The number of carbonyl (C=O) groups excluding carboxylic acids is 2. The van der Waals surface area contributed by atoms with Crippen molar-refractivity contribution in [3.8, 4) is 0 Å². The lowest BCUT2D eigenvalue weighted by molar-refractivity contribution is -0.148. The number of amides is 1. The number of carbonyl (C=O) groups is 2. The number of esters is 1. The Hall–Kier alpha value is -4.01. The van der Waals surface area contributed by atoms with Gasteiger partial charge in [-0.15, -0.1) is 0 Å². The van der Waals surface area contributed by atoms with Crippen molar-refractivity contribution < 1.29 is 18.7 Å². The first-order valence-corrected chi connectivity index (χ1v) is 8.97. The third-order valence-electron chi connectivity index (χ3n) is 4.11. The van der Waals surface area contributed by atoms with Crippen LogP contribution in [0.2, 0.25) is 0 Å². The molecule has 3 rings (SSSR count). The molecule has 0 aliphatic rings. The number of nitrogens with zero attached hydrogens (tertiary/aromatic N) is 2. The van der Waals surface area contributed by atoms with E-state index in [1.807, 2.05) is 30.3 Å². The monoisotopic (exact) mass is 411 g/mol. The second kappa shape index (κ2) is 9.46. The summed E-state index contributed by atoms with van der Waals surface area (Å²) in [5.74, 6) is -2.01. The average molecular weight is 411 g/mol. The van der Waals surface area contributed by atoms with Gasteiger partial charge >= 0.3 is 11.7 Å². The number of hydrogen-bond donors (Lipinski definition) is 1. The molecule has 3 aromatic rings. The van der Waals surface area contributed by atoms with E-state index in [4.69, 9.17) is 4.74 Å². The standard InChI is InChI=1S/C21H18FN3O5/c22-16-6-8-17(9-7-16)23-18(26)14-30-20(28)13-25-19(27)10-11-24(21(25)29)12-15-4-2-1-3-5-15/h1-11H,12-14H2,(H,23,26). The average Bonchev–Trinajstić information content (AvgIpc) is 2.74. The zero-order chi connectivity index (χ0) is 21.5. The van der Waals surface area contributed by atoms with Crippen LogP contribution in [-0.2, 0) is 27.4 Å². The highest BCUT2D eigenvalue weighted by Gasteiger charge is 2.13. The molecule has 0 saturated heterocycles. The molecule has 0 aliphatic heterocycles. The Morgan fingerprint density at radius 1 is 0.967 bits per heavy atom. The second-order valence-electron chi connectivity index (χ2n) is 6.35. The Morgan fingerprint density at radius 3 is 2.37 bits per heavy atom. The van der Waals surface area contributed by atoms with Crippen LogP contribution >= 0.6 is 0 Å². The lowest BCUT2D eigenvalue weighted by atomic mass is 10.2. The fourth-order valence-electron chi connectivity index (χ4n) is 2.65. The summed E-state index contributed by atoms with van der Waals surface area (Å²) in [5.41, 5.74) is -0.138. The van der Waals surface area contributed by atoms with Gasteiger partial charge in [0.1, 0.15) is 12.4 Å². The highest BCUT2D eigenvalue weighted by molar-refractivity contribution is 5.92. The van der Waals surface area contributed by atoms with Crippen LogP contribution in [0.25, 0.3) is 0 Å². The van der Waals surface area contributed by atoms with Gasteiger partial charge in [0.15, 0.2) is 6.61 Å². The van der Waals surface area contributed by atoms with E-state index in [0.717, 1.165) is 10.1 Å². The molecule has 0 saturated carbocycles. The number of aromatic nitrogens is 2. The first-order chi connectivity index (χ1) is 14.4. The molecule has 0 fully saturated rings. The molecule has 0 bridgehead atoms. The molecule has 2 aromatic carbocycles. The summed E-state index contributed by atoms with van der Waals surface area (Å²) in [6.07, 6.45) is 1.36. The van der Waals surface area contributed by atoms with Gasteiger partial charge in [-0.1, -0.05) is 30.3 Å². The zero-order valence-electron chi connectivity index (χ0n) is 15.8.